The van der Waals surface area contributed by atoms with Crippen molar-refractivity contribution in [3.05, 3.63) is 67.0 Å². The van der Waals surface area contributed by atoms with Crippen LogP contribution in [0.25, 0.3) is 0 Å². The summed E-state index contributed by atoms with van der Waals surface area (Å²) in [6.07, 6.45) is 1.49. The van der Waals surface area contributed by atoms with Gasteiger partial charge in [0.05, 0.1) is 7.11 Å². The molecule has 1 atom stereocenters. The van der Waals surface area contributed by atoms with E-state index in [1.807, 2.05) is 72.5 Å². The highest BCUT2D eigenvalue weighted by Crippen LogP contribution is 2.25. The van der Waals surface area contributed by atoms with Crippen LogP contribution in [0.3, 0.4) is 0 Å². The normalized spacial score (nSPS) is 15.9. The van der Waals surface area contributed by atoms with E-state index in [2.05, 4.69) is 14.9 Å². The number of nitrogens with zero attached hydrogens (tertiary/aromatic N) is 4. The Morgan fingerprint density at radius 3 is 2.47 bits per heavy atom. The summed E-state index contributed by atoms with van der Waals surface area (Å²) in [5.74, 6) is 3.32. The van der Waals surface area contributed by atoms with Crippen LogP contribution >= 0.6 is 0 Å². The number of amides is 1. The lowest BCUT2D eigenvalue weighted by molar-refractivity contribution is -0.135. The van der Waals surface area contributed by atoms with Gasteiger partial charge in [-0.2, -0.15) is 0 Å². The highest BCUT2D eigenvalue weighted by Gasteiger charge is 2.28. The van der Waals surface area contributed by atoms with Gasteiger partial charge in [0, 0.05) is 31.7 Å². The van der Waals surface area contributed by atoms with Crippen LogP contribution < -0.4 is 19.1 Å². The lowest BCUT2D eigenvalue weighted by Crippen LogP contribution is -2.55. The van der Waals surface area contributed by atoms with Crippen LogP contribution in [0.1, 0.15) is 6.92 Å². The predicted octanol–water partition coefficient (Wildman–Crippen LogP) is 3.39. The first kappa shape index (κ1) is 21.4. The number of aromatic nitrogens is 2. The maximum Gasteiger partial charge on any atom is 0.260 e. The summed E-state index contributed by atoms with van der Waals surface area (Å²) in [5, 5.41) is 0. The number of carbonyl (C=O) groups excluding carboxylic acids is 1. The highest BCUT2D eigenvalue weighted by molar-refractivity contribution is 5.78. The third-order valence-corrected chi connectivity index (χ3v) is 5.29. The van der Waals surface area contributed by atoms with E-state index in [9.17, 15) is 4.79 Å². The van der Waals surface area contributed by atoms with E-state index in [0.29, 0.717) is 37.0 Å². The maximum atomic E-state index is 12.7. The lowest BCUT2D eigenvalue weighted by atomic mass is 10.2. The molecule has 2 heterocycles. The molecule has 1 unspecified atom stereocenters. The zero-order valence-corrected chi connectivity index (χ0v) is 18.2. The molecule has 1 aliphatic heterocycles. The Morgan fingerprint density at radius 2 is 1.75 bits per heavy atom. The van der Waals surface area contributed by atoms with E-state index in [1.54, 1.807) is 7.11 Å². The summed E-state index contributed by atoms with van der Waals surface area (Å²) in [6.45, 7) is 3.98. The summed E-state index contributed by atoms with van der Waals surface area (Å²) in [4.78, 5) is 25.3. The van der Waals surface area contributed by atoms with Gasteiger partial charge < -0.3 is 24.0 Å². The zero-order valence-electron chi connectivity index (χ0n) is 18.2. The molecule has 2 aromatic carbocycles. The first-order valence-corrected chi connectivity index (χ1v) is 10.5. The molecule has 0 saturated carbocycles. The van der Waals surface area contributed by atoms with Crippen LogP contribution in [0, 0.1) is 0 Å². The van der Waals surface area contributed by atoms with Crippen molar-refractivity contribution in [1.29, 1.82) is 0 Å². The number of rotatable bonds is 7. The quantitative estimate of drug-likeness (QED) is 0.564. The molecule has 3 aromatic rings. The standard InChI is InChI=1S/C24H26N4O4/c1-18-15-27(12-13-28(18)24(29)16-31-20-6-4-3-5-7-20)22-14-23(26-17-25-22)32-21-10-8-19(30-2)9-11-21/h3-11,14,17-18H,12-13,15-16H2,1-2H3. The molecule has 8 nitrogen and oxygen atoms in total. The number of hydrogen-bond donors (Lipinski definition) is 0. The number of piperazine rings is 1. The van der Waals surface area contributed by atoms with Gasteiger partial charge in [0.1, 0.15) is 29.4 Å². The summed E-state index contributed by atoms with van der Waals surface area (Å²) in [7, 11) is 1.62. The van der Waals surface area contributed by atoms with E-state index in [-0.39, 0.29) is 18.6 Å². The summed E-state index contributed by atoms with van der Waals surface area (Å²) >= 11 is 0. The van der Waals surface area contributed by atoms with Crippen LogP contribution in [-0.4, -0.2) is 60.2 Å². The molecule has 1 amide bonds. The van der Waals surface area contributed by atoms with Gasteiger partial charge >= 0.3 is 0 Å². The second-order valence-corrected chi connectivity index (χ2v) is 7.48. The molecule has 166 valence electrons. The topological polar surface area (TPSA) is 77.0 Å². The zero-order chi connectivity index (χ0) is 22.3. The minimum absolute atomic E-state index is 0.0211. The molecule has 0 aliphatic carbocycles. The molecule has 0 bridgehead atoms. The fourth-order valence-corrected chi connectivity index (χ4v) is 3.60. The average Bonchev–Trinajstić information content (AvgIpc) is 2.84. The predicted molar refractivity (Wildman–Crippen MR) is 120 cm³/mol. The minimum atomic E-state index is -0.0211. The number of ether oxygens (including phenoxy) is 3. The number of hydrogen-bond acceptors (Lipinski definition) is 7. The van der Waals surface area contributed by atoms with Crippen molar-refractivity contribution < 1.29 is 19.0 Å². The van der Waals surface area contributed by atoms with Crippen molar-refractivity contribution >= 4 is 11.7 Å². The fraction of sp³-hybridized carbons (Fsp3) is 0.292. The largest absolute Gasteiger partial charge is 0.497 e. The number of methoxy groups -OCH3 is 1. The van der Waals surface area contributed by atoms with Gasteiger partial charge in [-0.05, 0) is 43.3 Å². The van der Waals surface area contributed by atoms with E-state index >= 15 is 0 Å². The lowest BCUT2D eigenvalue weighted by Gasteiger charge is -2.40. The third-order valence-electron chi connectivity index (χ3n) is 5.29. The fourth-order valence-electron chi connectivity index (χ4n) is 3.60. The van der Waals surface area contributed by atoms with E-state index in [1.165, 1.54) is 6.33 Å². The first-order chi connectivity index (χ1) is 15.6. The number of para-hydroxylation sites is 1. The van der Waals surface area contributed by atoms with Gasteiger partial charge in [-0.15, -0.1) is 0 Å². The van der Waals surface area contributed by atoms with E-state index < -0.39 is 0 Å². The summed E-state index contributed by atoms with van der Waals surface area (Å²) in [6, 6.07) is 18.5. The Labute approximate surface area is 187 Å². The molecule has 1 fully saturated rings. The maximum absolute atomic E-state index is 12.7. The summed E-state index contributed by atoms with van der Waals surface area (Å²) < 4.78 is 16.6. The van der Waals surface area contributed by atoms with Crippen molar-refractivity contribution in [2.75, 3.05) is 38.3 Å². The van der Waals surface area contributed by atoms with Crippen molar-refractivity contribution in [3.8, 4) is 23.1 Å². The van der Waals surface area contributed by atoms with E-state index in [0.717, 1.165) is 11.6 Å². The van der Waals surface area contributed by atoms with Crippen molar-refractivity contribution in [3.63, 3.8) is 0 Å². The Bertz CT molecular complexity index is 1030. The molecule has 8 heteroatoms. The average molecular weight is 434 g/mol. The Balaban J connectivity index is 1.34. The van der Waals surface area contributed by atoms with Crippen LogP contribution in [0.5, 0.6) is 23.1 Å². The molecule has 0 N–H and O–H groups in total. The molecule has 1 saturated heterocycles. The second kappa shape index (κ2) is 10.00. The monoisotopic (exact) mass is 434 g/mol. The highest BCUT2D eigenvalue weighted by atomic mass is 16.5. The number of benzene rings is 2. The van der Waals surface area contributed by atoms with Crippen molar-refractivity contribution in [2.45, 2.75) is 13.0 Å². The number of anilines is 1. The SMILES string of the molecule is COc1ccc(Oc2cc(N3CCN(C(=O)COc4ccccc4)C(C)C3)ncn2)cc1. The first-order valence-electron chi connectivity index (χ1n) is 10.5. The molecule has 4 rings (SSSR count). The molecular formula is C24H26N4O4. The van der Waals surface area contributed by atoms with Crippen molar-refractivity contribution in [2.24, 2.45) is 0 Å². The van der Waals surface area contributed by atoms with E-state index in [4.69, 9.17) is 14.2 Å². The Hall–Kier alpha value is -3.81. The van der Waals surface area contributed by atoms with Gasteiger partial charge in [-0.25, -0.2) is 9.97 Å². The van der Waals surface area contributed by atoms with Crippen LogP contribution in [0.15, 0.2) is 67.0 Å². The molecule has 1 aromatic heterocycles. The minimum Gasteiger partial charge on any atom is -0.497 e. The summed E-state index contributed by atoms with van der Waals surface area (Å²) in [5.41, 5.74) is 0. The molecule has 1 aliphatic rings. The smallest absolute Gasteiger partial charge is 0.260 e. The Morgan fingerprint density at radius 1 is 1.00 bits per heavy atom. The molecule has 32 heavy (non-hydrogen) atoms. The van der Waals surface area contributed by atoms with Gasteiger partial charge in [0.25, 0.3) is 5.91 Å². The number of carbonyl (C=O) groups is 1. The Kier molecular flexibility index (Phi) is 6.69. The molecule has 0 spiro atoms. The van der Waals surface area contributed by atoms with Crippen LogP contribution in [0.4, 0.5) is 5.82 Å². The van der Waals surface area contributed by atoms with Crippen LogP contribution in [0.2, 0.25) is 0 Å². The van der Waals surface area contributed by atoms with Crippen LogP contribution in [-0.2, 0) is 4.79 Å². The third kappa shape index (κ3) is 5.26. The van der Waals surface area contributed by atoms with Crippen molar-refractivity contribution in [1.82, 2.24) is 14.9 Å². The van der Waals surface area contributed by atoms with Gasteiger partial charge in [0.15, 0.2) is 6.61 Å². The van der Waals surface area contributed by atoms with Gasteiger partial charge in [-0.1, -0.05) is 18.2 Å². The second-order valence-electron chi connectivity index (χ2n) is 7.48. The molecular weight excluding hydrogens is 408 g/mol. The van der Waals surface area contributed by atoms with Gasteiger partial charge in [0.2, 0.25) is 5.88 Å². The molecule has 0 radical (unpaired) electrons. The van der Waals surface area contributed by atoms with Gasteiger partial charge in [-0.3, -0.25) is 4.79 Å².